The minimum absolute atomic E-state index is 0.549. The number of hydrogen-bond acceptors (Lipinski definition) is 2. The van der Waals surface area contributed by atoms with E-state index in [1.54, 1.807) is 0 Å². The zero-order valence-corrected chi connectivity index (χ0v) is 14.1. The average Bonchev–Trinajstić information content (AvgIpc) is 2.79. The lowest BCUT2D eigenvalue weighted by Crippen LogP contribution is -2.34. The second-order valence-corrected chi connectivity index (χ2v) is 7.46. The Morgan fingerprint density at radius 3 is 2.16 bits per heavy atom. The highest BCUT2D eigenvalue weighted by Gasteiger charge is 2.19. The van der Waals surface area contributed by atoms with Gasteiger partial charge in [0.05, 0.1) is 0 Å². The van der Waals surface area contributed by atoms with Gasteiger partial charge in [-0.05, 0) is 42.5 Å². The van der Waals surface area contributed by atoms with Crippen molar-refractivity contribution in [3.8, 4) is 0 Å². The molecule has 0 fully saturated rings. The molecule has 1 aromatic rings. The highest BCUT2D eigenvalue weighted by atomic mass is 32.1. The van der Waals surface area contributed by atoms with E-state index in [4.69, 9.17) is 0 Å². The summed E-state index contributed by atoms with van der Waals surface area (Å²) in [5, 5.41) is 6.12. The molecule has 2 heteroatoms. The van der Waals surface area contributed by atoms with Gasteiger partial charge in [-0.2, -0.15) is 0 Å². The molecule has 1 atom stereocenters. The van der Waals surface area contributed by atoms with E-state index in [0.29, 0.717) is 12.1 Å². The molecule has 1 aromatic heterocycles. The van der Waals surface area contributed by atoms with E-state index >= 15 is 0 Å². The van der Waals surface area contributed by atoms with Crippen LogP contribution in [0.4, 0.5) is 0 Å². The number of nitrogens with one attached hydrogen (secondary N) is 1. The van der Waals surface area contributed by atoms with Gasteiger partial charge in [-0.15, -0.1) is 11.3 Å². The minimum Gasteiger partial charge on any atom is -0.306 e. The highest BCUT2D eigenvalue weighted by molar-refractivity contribution is 7.10. The zero-order valence-electron chi connectivity index (χ0n) is 13.3. The van der Waals surface area contributed by atoms with Crippen LogP contribution in [-0.4, -0.2) is 6.04 Å². The van der Waals surface area contributed by atoms with Crippen molar-refractivity contribution in [2.75, 3.05) is 0 Å². The molecule has 0 aliphatic heterocycles. The minimum atomic E-state index is 0.549. The molecule has 0 aromatic carbocycles. The lowest BCUT2D eigenvalue weighted by molar-refractivity contribution is 0.321. The van der Waals surface area contributed by atoms with E-state index in [1.165, 1.54) is 30.6 Å². The van der Waals surface area contributed by atoms with Gasteiger partial charge in [-0.1, -0.05) is 47.1 Å². The van der Waals surface area contributed by atoms with Gasteiger partial charge in [-0.3, -0.25) is 0 Å². The molecule has 19 heavy (non-hydrogen) atoms. The van der Waals surface area contributed by atoms with Gasteiger partial charge in [0.25, 0.3) is 0 Å². The van der Waals surface area contributed by atoms with Crippen molar-refractivity contribution in [3.05, 3.63) is 22.4 Å². The summed E-state index contributed by atoms with van der Waals surface area (Å²) < 4.78 is 0. The van der Waals surface area contributed by atoms with Gasteiger partial charge >= 0.3 is 0 Å². The second kappa shape index (κ2) is 8.76. The molecular weight excluding hydrogens is 250 g/mol. The van der Waals surface area contributed by atoms with Crippen LogP contribution in [0, 0.1) is 11.8 Å². The van der Waals surface area contributed by atoms with E-state index in [2.05, 4.69) is 57.4 Å². The molecule has 0 saturated carbocycles. The Kier molecular flexibility index (Phi) is 7.70. The molecule has 110 valence electrons. The molecule has 0 spiro atoms. The maximum absolute atomic E-state index is 3.93. The summed E-state index contributed by atoms with van der Waals surface area (Å²) >= 11 is 1.89. The molecule has 1 rings (SSSR count). The summed E-state index contributed by atoms with van der Waals surface area (Å²) in [6, 6.07) is 5.65. The Hall–Kier alpha value is -0.340. The Bertz CT molecular complexity index is 306. The first-order chi connectivity index (χ1) is 9.02. The van der Waals surface area contributed by atoms with Crippen molar-refractivity contribution < 1.29 is 0 Å². The molecular formula is C17H31NS. The van der Waals surface area contributed by atoms with Gasteiger partial charge in [0.15, 0.2) is 0 Å². The maximum atomic E-state index is 3.93. The summed E-state index contributed by atoms with van der Waals surface area (Å²) in [6.45, 7) is 11.6. The largest absolute Gasteiger partial charge is 0.306 e. The summed E-state index contributed by atoms with van der Waals surface area (Å²) in [5.41, 5.74) is 0. The van der Waals surface area contributed by atoms with Crippen molar-refractivity contribution in [1.82, 2.24) is 5.32 Å². The van der Waals surface area contributed by atoms with Crippen LogP contribution in [0.25, 0.3) is 0 Å². The van der Waals surface area contributed by atoms with Gasteiger partial charge in [-0.25, -0.2) is 0 Å². The molecule has 1 N–H and O–H groups in total. The molecule has 0 saturated heterocycles. The fraction of sp³-hybridized carbons (Fsp3) is 0.765. The van der Waals surface area contributed by atoms with Crippen LogP contribution in [0.5, 0.6) is 0 Å². The number of rotatable bonds is 9. The van der Waals surface area contributed by atoms with Crippen molar-refractivity contribution in [1.29, 1.82) is 0 Å². The number of thiophene rings is 1. The fourth-order valence-corrected chi connectivity index (χ4v) is 3.56. The Balaban J connectivity index is 2.66. The summed E-state index contributed by atoms with van der Waals surface area (Å²) in [5.74, 6) is 1.53. The molecule has 1 unspecified atom stereocenters. The average molecular weight is 282 g/mol. The van der Waals surface area contributed by atoms with E-state index in [9.17, 15) is 0 Å². The second-order valence-electron chi connectivity index (χ2n) is 6.48. The van der Waals surface area contributed by atoms with Crippen LogP contribution < -0.4 is 5.32 Å². The Morgan fingerprint density at radius 2 is 1.74 bits per heavy atom. The van der Waals surface area contributed by atoms with Crippen LogP contribution in [0.2, 0.25) is 0 Å². The van der Waals surface area contributed by atoms with E-state index in [1.807, 2.05) is 11.3 Å². The van der Waals surface area contributed by atoms with Crippen LogP contribution in [-0.2, 0) is 0 Å². The summed E-state index contributed by atoms with van der Waals surface area (Å²) in [7, 11) is 0. The monoisotopic (exact) mass is 281 g/mol. The predicted octanol–water partition coefficient (Wildman–Crippen LogP) is 5.64. The number of hydrogen-bond donors (Lipinski definition) is 1. The topological polar surface area (TPSA) is 12.0 Å². The SMILES string of the molecule is CCCC(NC(CC(C)C)CC(C)C)c1cccs1. The van der Waals surface area contributed by atoms with Crippen LogP contribution in [0.3, 0.4) is 0 Å². The van der Waals surface area contributed by atoms with Gasteiger partial charge in [0.2, 0.25) is 0 Å². The molecule has 0 aliphatic rings. The predicted molar refractivity (Wildman–Crippen MR) is 87.8 cm³/mol. The smallest absolute Gasteiger partial charge is 0.0416 e. The molecule has 1 heterocycles. The van der Waals surface area contributed by atoms with Crippen molar-refractivity contribution in [3.63, 3.8) is 0 Å². The first-order valence-electron chi connectivity index (χ1n) is 7.82. The van der Waals surface area contributed by atoms with Crippen LogP contribution in [0.15, 0.2) is 17.5 Å². The van der Waals surface area contributed by atoms with Gasteiger partial charge in [0, 0.05) is 17.0 Å². The zero-order chi connectivity index (χ0) is 14.3. The van der Waals surface area contributed by atoms with Crippen LogP contribution >= 0.6 is 11.3 Å². The standard InChI is InChI=1S/C17H31NS/c1-6-8-16(17-9-7-10-19-17)18-15(11-13(2)3)12-14(4)5/h7,9-10,13-16,18H,6,8,11-12H2,1-5H3. The maximum Gasteiger partial charge on any atom is 0.0416 e. The summed E-state index contributed by atoms with van der Waals surface area (Å²) in [6.07, 6.45) is 5.05. The quantitative estimate of drug-likeness (QED) is 0.617. The Labute approximate surface area is 123 Å². The van der Waals surface area contributed by atoms with E-state index in [0.717, 1.165) is 11.8 Å². The first kappa shape index (κ1) is 16.7. The van der Waals surface area contributed by atoms with Crippen LogP contribution in [0.1, 0.15) is 71.2 Å². The third-order valence-electron chi connectivity index (χ3n) is 3.41. The van der Waals surface area contributed by atoms with E-state index in [-0.39, 0.29) is 0 Å². The van der Waals surface area contributed by atoms with Crippen molar-refractivity contribution >= 4 is 11.3 Å². The normalized spacial score (nSPS) is 13.7. The lowest BCUT2D eigenvalue weighted by Gasteiger charge is -2.27. The summed E-state index contributed by atoms with van der Waals surface area (Å²) in [4.78, 5) is 1.50. The Morgan fingerprint density at radius 1 is 1.11 bits per heavy atom. The van der Waals surface area contributed by atoms with Gasteiger partial charge < -0.3 is 5.32 Å². The third-order valence-corrected chi connectivity index (χ3v) is 4.40. The van der Waals surface area contributed by atoms with Crippen molar-refractivity contribution in [2.24, 2.45) is 11.8 Å². The highest BCUT2D eigenvalue weighted by Crippen LogP contribution is 2.26. The molecule has 0 aliphatic carbocycles. The molecule has 1 nitrogen and oxygen atoms in total. The fourth-order valence-electron chi connectivity index (χ4n) is 2.74. The molecule has 0 bridgehead atoms. The first-order valence-corrected chi connectivity index (χ1v) is 8.70. The van der Waals surface area contributed by atoms with Crippen molar-refractivity contribution in [2.45, 2.75) is 72.4 Å². The molecule has 0 radical (unpaired) electrons. The van der Waals surface area contributed by atoms with E-state index < -0.39 is 0 Å². The molecule has 0 amide bonds. The van der Waals surface area contributed by atoms with Gasteiger partial charge in [0.1, 0.15) is 0 Å². The lowest BCUT2D eigenvalue weighted by atomic mass is 9.94. The third kappa shape index (κ3) is 6.58.